The molecule has 0 saturated carbocycles. The van der Waals surface area contributed by atoms with Gasteiger partial charge in [0.2, 0.25) is 0 Å². The molecular weight excluding hydrogens is 233 g/mol. The summed E-state index contributed by atoms with van der Waals surface area (Å²) in [5.41, 5.74) is -1.94. The van der Waals surface area contributed by atoms with Gasteiger partial charge >= 0.3 is 12.8 Å². The average Bonchev–Trinajstić information content (AvgIpc) is 2.14. The summed E-state index contributed by atoms with van der Waals surface area (Å²) in [6, 6.07) is 3.15. The van der Waals surface area contributed by atoms with E-state index in [0.717, 1.165) is 6.07 Å². The van der Waals surface area contributed by atoms with Gasteiger partial charge in [-0.05, 0) is 18.2 Å². The Balaban J connectivity index is 3.14. The van der Waals surface area contributed by atoms with Crippen LogP contribution in [0, 0.1) is 11.3 Å². The molecule has 86 valence electrons. The fourth-order valence-corrected chi connectivity index (χ4v) is 1.04. The van der Waals surface area contributed by atoms with Crippen LogP contribution >= 0.6 is 0 Å². The Bertz CT molecular complexity index is 421. The van der Waals surface area contributed by atoms with Gasteiger partial charge < -0.3 is 4.74 Å². The third-order valence-corrected chi connectivity index (χ3v) is 1.64. The van der Waals surface area contributed by atoms with Gasteiger partial charge in [-0.2, -0.15) is 27.2 Å². The Labute approximate surface area is 86.9 Å². The third-order valence-electron chi connectivity index (χ3n) is 1.64. The molecule has 16 heavy (non-hydrogen) atoms. The summed E-state index contributed by atoms with van der Waals surface area (Å²) in [6.07, 6.45) is -4.70. The van der Waals surface area contributed by atoms with Crippen LogP contribution in [0.4, 0.5) is 22.0 Å². The molecule has 0 aliphatic rings. The zero-order valence-corrected chi connectivity index (χ0v) is 7.55. The molecule has 1 rings (SSSR count). The van der Waals surface area contributed by atoms with Crippen molar-refractivity contribution in [3.05, 3.63) is 29.3 Å². The van der Waals surface area contributed by atoms with E-state index in [1.54, 1.807) is 0 Å². The number of benzene rings is 1. The number of nitriles is 1. The number of rotatable bonds is 2. The second-order valence-electron chi connectivity index (χ2n) is 2.70. The van der Waals surface area contributed by atoms with E-state index in [-0.39, 0.29) is 0 Å². The number of hydrogen-bond donors (Lipinski definition) is 0. The topological polar surface area (TPSA) is 33.0 Å². The van der Waals surface area contributed by atoms with E-state index in [9.17, 15) is 22.0 Å². The fourth-order valence-electron chi connectivity index (χ4n) is 1.04. The van der Waals surface area contributed by atoms with Crippen molar-refractivity contribution in [2.24, 2.45) is 0 Å². The third kappa shape index (κ3) is 2.82. The Morgan fingerprint density at radius 1 is 1.25 bits per heavy atom. The highest BCUT2D eigenvalue weighted by molar-refractivity contribution is 5.44. The molecule has 1 aromatic rings. The molecule has 0 amide bonds. The summed E-state index contributed by atoms with van der Waals surface area (Å²) in [5, 5.41) is 8.45. The van der Waals surface area contributed by atoms with Gasteiger partial charge in [0, 0.05) is 0 Å². The van der Waals surface area contributed by atoms with Crippen molar-refractivity contribution in [1.82, 2.24) is 0 Å². The van der Waals surface area contributed by atoms with Crippen LogP contribution in [0.3, 0.4) is 0 Å². The molecule has 0 radical (unpaired) electrons. The molecule has 0 spiro atoms. The van der Waals surface area contributed by atoms with E-state index >= 15 is 0 Å². The normalized spacial score (nSPS) is 11.3. The van der Waals surface area contributed by atoms with Crippen LogP contribution in [0.2, 0.25) is 0 Å². The quantitative estimate of drug-likeness (QED) is 0.740. The lowest BCUT2D eigenvalue weighted by atomic mass is 10.1. The van der Waals surface area contributed by atoms with E-state index in [0.29, 0.717) is 12.1 Å². The number of hydrogen-bond acceptors (Lipinski definition) is 2. The molecule has 0 atom stereocenters. The zero-order valence-electron chi connectivity index (χ0n) is 7.55. The molecule has 7 heteroatoms. The summed E-state index contributed by atoms with van der Waals surface area (Å²) >= 11 is 0. The molecule has 1 aromatic carbocycles. The first-order chi connectivity index (χ1) is 7.34. The first-order valence-electron chi connectivity index (χ1n) is 3.90. The zero-order chi connectivity index (χ0) is 12.3. The van der Waals surface area contributed by atoms with Crippen LogP contribution in [-0.4, -0.2) is 6.61 Å². The highest BCUT2D eigenvalue weighted by Crippen LogP contribution is 2.33. The average molecular weight is 237 g/mol. The Morgan fingerprint density at radius 2 is 1.88 bits per heavy atom. The molecule has 0 aromatic heterocycles. The SMILES string of the molecule is N#Cc1cc(OC(F)F)ccc1C(F)(F)F. The molecule has 0 N–H and O–H groups in total. The van der Waals surface area contributed by atoms with Gasteiger partial charge in [-0.15, -0.1) is 0 Å². The molecule has 2 nitrogen and oxygen atoms in total. The number of alkyl halides is 5. The fraction of sp³-hybridized carbons (Fsp3) is 0.222. The molecular formula is C9H4F5NO. The van der Waals surface area contributed by atoms with Crippen LogP contribution in [0.5, 0.6) is 5.75 Å². The smallest absolute Gasteiger partial charge is 0.417 e. The van der Waals surface area contributed by atoms with Crippen LogP contribution in [0.15, 0.2) is 18.2 Å². The minimum absolute atomic E-state index is 0.487. The lowest BCUT2D eigenvalue weighted by molar-refractivity contribution is -0.137. The summed E-state index contributed by atoms with van der Waals surface area (Å²) < 4.78 is 64.3. The lowest BCUT2D eigenvalue weighted by Gasteiger charge is -2.10. The highest BCUT2D eigenvalue weighted by atomic mass is 19.4. The second-order valence-corrected chi connectivity index (χ2v) is 2.70. The molecule has 0 fully saturated rings. The summed E-state index contributed by atoms with van der Waals surface area (Å²) in [4.78, 5) is 0. The van der Waals surface area contributed by atoms with Crippen LogP contribution < -0.4 is 4.74 Å². The summed E-state index contributed by atoms with van der Waals surface area (Å²) in [6.45, 7) is -3.15. The van der Waals surface area contributed by atoms with Crippen molar-refractivity contribution in [3.63, 3.8) is 0 Å². The predicted octanol–water partition coefficient (Wildman–Crippen LogP) is 3.18. The van der Waals surface area contributed by atoms with Gasteiger partial charge in [0.1, 0.15) is 5.75 Å². The molecule has 0 unspecified atom stereocenters. The molecule has 0 aliphatic carbocycles. The van der Waals surface area contributed by atoms with Gasteiger partial charge in [0.05, 0.1) is 17.2 Å². The number of halogens is 5. The van der Waals surface area contributed by atoms with Gasteiger partial charge in [-0.3, -0.25) is 0 Å². The Morgan fingerprint density at radius 3 is 2.31 bits per heavy atom. The minimum atomic E-state index is -4.70. The van der Waals surface area contributed by atoms with Crippen LogP contribution in [-0.2, 0) is 6.18 Å². The number of nitrogens with zero attached hydrogens (tertiary/aromatic N) is 1. The maximum Gasteiger partial charge on any atom is 0.417 e. The molecule has 0 aliphatic heterocycles. The van der Waals surface area contributed by atoms with E-state index in [2.05, 4.69) is 4.74 Å². The lowest BCUT2D eigenvalue weighted by Crippen LogP contribution is -2.09. The van der Waals surface area contributed by atoms with E-state index < -0.39 is 29.7 Å². The first kappa shape index (κ1) is 12.2. The van der Waals surface area contributed by atoms with Crippen molar-refractivity contribution in [3.8, 4) is 11.8 Å². The summed E-state index contributed by atoms with van der Waals surface area (Å²) in [5.74, 6) is -0.487. The van der Waals surface area contributed by atoms with Gasteiger partial charge in [-0.25, -0.2) is 0 Å². The summed E-state index contributed by atoms with van der Waals surface area (Å²) in [7, 11) is 0. The van der Waals surface area contributed by atoms with E-state index in [1.165, 1.54) is 6.07 Å². The largest absolute Gasteiger partial charge is 0.435 e. The van der Waals surface area contributed by atoms with Gasteiger partial charge in [-0.1, -0.05) is 0 Å². The van der Waals surface area contributed by atoms with E-state index in [4.69, 9.17) is 5.26 Å². The van der Waals surface area contributed by atoms with Crippen LogP contribution in [0.1, 0.15) is 11.1 Å². The maximum absolute atomic E-state index is 12.3. The molecule has 0 saturated heterocycles. The Hall–Kier alpha value is -1.84. The Kier molecular flexibility index (Phi) is 3.32. The van der Waals surface area contributed by atoms with Crippen molar-refractivity contribution >= 4 is 0 Å². The van der Waals surface area contributed by atoms with Gasteiger partial charge in [0.15, 0.2) is 0 Å². The van der Waals surface area contributed by atoms with Crippen molar-refractivity contribution in [2.75, 3.05) is 0 Å². The van der Waals surface area contributed by atoms with Crippen molar-refractivity contribution in [1.29, 1.82) is 5.26 Å². The van der Waals surface area contributed by atoms with Crippen molar-refractivity contribution < 1.29 is 26.7 Å². The van der Waals surface area contributed by atoms with Crippen molar-refractivity contribution in [2.45, 2.75) is 12.8 Å². The van der Waals surface area contributed by atoms with E-state index in [1.807, 2.05) is 0 Å². The van der Waals surface area contributed by atoms with Gasteiger partial charge in [0.25, 0.3) is 0 Å². The standard InChI is InChI=1S/C9H4F5NO/c10-8(11)16-6-1-2-7(9(12,13)14)5(3-6)4-15/h1-3,8H. The van der Waals surface area contributed by atoms with Crippen LogP contribution in [0.25, 0.3) is 0 Å². The highest BCUT2D eigenvalue weighted by Gasteiger charge is 2.33. The predicted molar refractivity (Wildman–Crippen MR) is 42.8 cm³/mol. The second kappa shape index (κ2) is 4.35. The monoisotopic (exact) mass is 237 g/mol. The first-order valence-corrected chi connectivity index (χ1v) is 3.90. The molecule has 0 heterocycles. The molecule has 0 bridgehead atoms. The minimum Gasteiger partial charge on any atom is -0.435 e. The number of ether oxygens (including phenoxy) is 1. The maximum atomic E-state index is 12.3.